The summed E-state index contributed by atoms with van der Waals surface area (Å²) in [5, 5.41) is 3.26. The Hall–Kier alpha value is -3.61. The Bertz CT molecular complexity index is 1110. The lowest BCUT2D eigenvalue weighted by Gasteiger charge is -2.23. The van der Waals surface area contributed by atoms with Gasteiger partial charge in [0, 0.05) is 14.1 Å². The third kappa shape index (κ3) is 5.08. The van der Waals surface area contributed by atoms with E-state index in [-0.39, 0.29) is 5.91 Å². The minimum Gasteiger partial charge on any atom is -0.495 e. The molecule has 2 aromatic carbocycles. The molecule has 0 aliphatic carbocycles. The lowest BCUT2D eigenvalue weighted by molar-refractivity contribution is 0.0994. The number of hydrogen-bond donors (Lipinski definition) is 1. The summed E-state index contributed by atoms with van der Waals surface area (Å²) in [5.74, 6) is 1.73. The Labute approximate surface area is 197 Å². The molecule has 7 heteroatoms. The topological polar surface area (TPSA) is 70.6 Å². The number of nitrogens with zero attached hydrogens (tertiary/aromatic N) is 4. The fraction of sp³-hybridized carbons (Fsp3) is 0.346. The van der Waals surface area contributed by atoms with E-state index in [1.807, 2.05) is 96.0 Å². The van der Waals surface area contributed by atoms with Crippen LogP contribution in [-0.4, -0.2) is 37.1 Å². The second kappa shape index (κ2) is 11.3. The number of hydrogen-bond acceptors (Lipinski definition) is 6. The van der Waals surface area contributed by atoms with E-state index in [0.29, 0.717) is 34.5 Å². The molecule has 0 unspecified atom stereocenters. The normalized spacial score (nSPS) is 11.7. The molecule has 33 heavy (non-hydrogen) atoms. The monoisotopic (exact) mass is 449 g/mol. The van der Waals surface area contributed by atoms with Gasteiger partial charge >= 0.3 is 0 Å². The summed E-state index contributed by atoms with van der Waals surface area (Å²) < 4.78 is 5.48. The Morgan fingerprint density at radius 1 is 0.909 bits per heavy atom. The summed E-state index contributed by atoms with van der Waals surface area (Å²) in [6.45, 7) is 11.9. The third-order valence-corrected chi connectivity index (χ3v) is 5.10. The fourth-order valence-electron chi connectivity index (χ4n) is 3.60. The zero-order chi connectivity index (χ0) is 24.7. The van der Waals surface area contributed by atoms with E-state index < -0.39 is 0 Å². The number of fused-ring (bicyclic) bond motifs is 2. The van der Waals surface area contributed by atoms with Crippen molar-refractivity contribution >= 4 is 34.7 Å². The van der Waals surface area contributed by atoms with Crippen molar-refractivity contribution in [3.63, 3.8) is 0 Å². The summed E-state index contributed by atoms with van der Waals surface area (Å²) in [4.78, 5) is 25.9. The van der Waals surface area contributed by atoms with Crippen LogP contribution in [0.5, 0.6) is 5.75 Å². The van der Waals surface area contributed by atoms with Gasteiger partial charge in [0.25, 0.3) is 5.91 Å². The number of aryl methyl sites for hydroxylation is 2. The lowest BCUT2D eigenvalue weighted by Crippen LogP contribution is -2.26. The van der Waals surface area contributed by atoms with Gasteiger partial charge < -0.3 is 19.9 Å². The van der Waals surface area contributed by atoms with Crippen molar-refractivity contribution in [1.82, 2.24) is 9.97 Å². The number of nitrogens with one attached hydrogen (secondary N) is 1. The van der Waals surface area contributed by atoms with Crippen molar-refractivity contribution in [2.75, 3.05) is 36.3 Å². The second-order valence-electron chi connectivity index (χ2n) is 7.07. The summed E-state index contributed by atoms with van der Waals surface area (Å²) in [5.41, 5.74) is 4.71. The van der Waals surface area contributed by atoms with Crippen LogP contribution >= 0.6 is 0 Å². The van der Waals surface area contributed by atoms with Gasteiger partial charge in [-0.3, -0.25) is 4.79 Å². The van der Waals surface area contributed by atoms with E-state index in [9.17, 15) is 4.79 Å². The smallest absolute Gasteiger partial charge is 0.260 e. The summed E-state index contributed by atoms with van der Waals surface area (Å²) in [7, 11) is 5.30. The first kappa shape index (κ1) is 25.6. The van der Waals surface area contributed by atoms with E-state index in [0.717, 1.165) is 16.9 Å². The average molecular weight is 450 g/mol. The maximum absolute atomic E-state index is 13.0. The van der Waals surface area contributed by atoms with Crippen LogP contribution in [0.3, 0.4) is 0 Å². The molecule has 3 aromatic rings. The maximum Gasteiger partial charge on any atom is 0.260 e. The van der Waals surface area contributed by atoms with Crippen LogP contribution in [0.2, 0.25) is 0 Å². The van der Waals surface area contributed by atoms with Gasteiger partial charge in [0.2, 0.25) is 5.95 Å². The number of methoxy groups -OCH3 is 1. The van der Waals surface area contributed by atoms with Crippen molar-refractivity contribution in [1.29, 1.82) is 0 Å². The number of carbonyl (C=O) groups is 1. The molecule has 0 radical (unpaired) electrons. The predicted molar refractivity (Wildman–Crippen MR) is 138 cm³/mol. The molecular formula is C26H35N5O2. The van der Waals surface area contributed by atoms with Gasteiger partial charge in [0.1, 0.15) is 11.4 Å². The van der Waals surface area contributed by atoms with Gasteiger partial charge in [-0.15, -0.1) is 0 Å². The number of aromatic nitrogens is 2. The number of benzene rings is 2. The minimum absolute atomic E-state index is 0.0844. The van der Waals surface area contributed by atoms with E-state index in [2.05, 4.69) is 10.3 Å². The van der Waals surface area contributed by atoms with Crippen LogP contribution in [0.15, 0.2) is 42.5 Å². The molecule has 176 valence electrons. The Morgan fingerprint density at radius 2 is 1.58 bits per heavy atom. The van der Waals surface area contributed by atoms with Crippen LogP contribution < -0.4 is 19.9 Å². The highest BCUT2D eigenvalue weighted by molar-refractivity contribution is 6.13. The molecule has 1 N–H and O–H groups in total. The molecule has 0 atom stereocenters. The zero-order valence-electron chi connectivity index (χ0n) is 21.1. The predicted octanol–water partition coefficient (Wildman–Crippen LogP) is 6.26. The van der Waals surface area contributed by atoms with Crippen LogP contribution in [0, 0.1) is 13.8 Å². The molecule has 4 rings (SSSR count). The summed E-state index contributed by atoms with van der Waals surface area (Å²) >= 11 is 0. The number of ether oxygens (including phenoxy) is 1. The number of para-hydroxylation sites is 1. The average Bonchev–Trinajstić information content (AvgIpc) is 2.92. The van der Waals surface area contributed by atoms with Crippen LogP contribution in [0.4, 0.5) is 28.8 Å². The van der Waals surface area contributed by atoms with E-state index in [1.165, 1.54) is 0 Å². The largest absolute Gasteiger partial charge is 0.495 e. The highest BCUT2D eigenvalue weighted by atomic mass is 16.5. The molecule has 2 heterocycles. The highest BCUT2D eigenvalue weighted by Gasteiger charge is 2.30. The standard InChI is InChI=1S/C22H23N5O2.2C2H6/c1-13-10-11-16(18(12-13)29-5)24-22-23-14(2)19-20(25-22)26(3)17-9-7-6-8-15(17)21(28)27(19)4;2*1-2/h6-12H,1-5H3,(H,23,24,25);2*1-2H3. The minimum atomic E-state index is -0.0844. The molecule has 0 saturated carbocycles. The van der Waals surface area contributed by atoms with Gasteiger partial charge in [-0.05, 0) is 43.7 Å². The molecular weight excluding hydrogens is 414 g/mol. The molecule has 1 amide bonds. The molecule has 1 aliphatic heterocycles. The first-order chi connectivity index (χ1) is 15.9. The second-order valence-corrected chi connectivity index (χ2v) is 7.07. The molecule has 1 aromatic heterocycles. The van der Waals surface area contributed by atoms with Crippen molar-refractivity contribution < 1.29 is 9.53 Å². The van der Waals surface area contributed by atoms with E-state index in [4.69, 9.17) is 9.72 Å². The summed E-state index contributed by atoms with van der Waals surface area (Å²) in [6.07, 6.45) is 0. The molecule has 7 nitrogen and oxygen atoms in total. The molecule has 0 saturated heterocycles. The molecule has 0 fully saturated rings. The van der Waals surface area contributed by atoms with Crippen LogP contribution in [0.1, 0.15) is 49.3 Å². The van der Waals surface area contributed by atoms with Gasteiger partial charge in [-0.1, -0.05) is 45.9 Å². The van der Waals surface area contributed by atoms with Crippen molar-refractivity contribution in [2.45, 2.75) is 41.5 Å². The van der Waals surface area contributed by atoms with Gasteiger partial charge in [-0.2, -0.15) is 4.98 Å². The zero-order valence-corrected chi connectivity index (χ0v) is 21.1. The molecule has 0 bridgehead atoms. The molecule has 0 spiro atoms. The Morgan fingerprint density at radius 3 is 2.24 bits per heavy atom. The van der Waals surface area contributed by atoms with Crippen LogP contribution in [-0.2, 0) is 0 Å². The van der Waals surface area contributed by atoms with Crippen molar-refractivity contribution in [3.05, 3.63) is 59.3 Å². The molecule has 1 aliphatic rings. The van der Waals surface area contributed by atoms with Gasteiger partial charge in [-0.25, -0.2) is 4.98 Å². The summed E-state index contributed by atoms with van der Waals surface area (Å²) in [6, 6.07) is 13.4. The lowest BCUT2D eigenvalue weighted by atomic mass is 10.1. The van der Waals surface area contributed by atoms with Gasteiger partial charge in [0.05, 0.1) is 29.7 Å². The fourth-order valence-corrected chi connectivity index (χ4v) is 3.60. The first-order valence-electron chi connectivity index (χ1n) is 11.3. The SMILES string of the molecule is CC.CC.COc1cc(C)ccc1Nc1nc(C)c2c(n1)N(C)c1ccccc1C(=O)N2C. The van der Waals surface area contributed by atoms with E-state index >= 15 is 0 Å². The quantitative estimate of drug-likeness (QED) is 0.509. The van der Waals surface area contributed by atoms with Crippen molar-refractivity contribution in [2.24, 2.45) is 0 Å². The Kier molecular flexibility index (Phi) is 8.79. The number of rotatable bonds is 3. The maximum atomic E-state index is 13.0. The van der Waals surface area contributed by atoms with Crippen LogP contribution in [0.25, 0.3) is 0 Å². The van der Waals surface area contributed by atoms with Crippen molar-refractivity contribution in [3.8, 4) is 5.75 Å². The number of amides is 1. The van der Waals surface area contributed by atoms with Gasteiger partial charge in [0.15, 0.2) is 5.82 Å². The first-order valence-corrected chi connectivity index (χ1v) is 11.3. The number of anilines is 5. The van der Waals surface area contributed by atoms with E-state index in [1.54, 1.807) is 19.1 Å². The number of carbonyl (C=O) groups excluding carboxylic acids is 1. The third-order valence-electron chi connectivity index (χ3n) is 5.10. The Balaban J connectivity index is 0.000000914. The highest BCUT2D eigenvalue weighted by Crippen LogP contribution is 2.40.